The Morgan fingerprint density at radius 2 is 1.88 bits per heavy atom. The molecule has 0 spiro atoms. The lowest BCUT2D eigenvalue weighted by molar-refractivity contribution is 0.140. The van der Waals surface area contributed by atoms with E-state index in [0.717, 1.165) is 47.2 Å². The Kier molecular flexibility index (Phi) is 8.16. The van der Waals surface area contributed by atoms with Gasteiger partial charge in [-0.3, -0.25) is 9.67 Å². The Labute approximate surface area is 197 Å². The number of H-pyrrole nitrogens is 1. The van der Waals surface area contributed by atoms with Crippen molar-refractivity contribution < 1.29 is 9.13 Å². The Bertz CT molecular complexity index is 1230. The van der Waals surface area contributed by atoms with Crippen molar-refractivity contribution in [3.8, 4) is 11.8 Å². The summed E-state index contributed by atoms with van der Waals surface area (Å²) >= 11 is 0. The van der Waals surface area contributed by atoms with Gasteiger partial charge in [0, 0.05) is 30.8 Å². The molecular formula is C24H27FN8O. The maximum Gasteiger partial charge on any atom is 0.123 e. The molecule has 0 radical (unpaired) electrons. The number of anilines is 1. The minimum Gasteiger partial charge on any atom is -0.382 e. The molecular weight excluding hydrogens is 435 g/mol. The second kappa shape index (κ2) is 11.9. The molecule has 2 aromatic carbocycles. The van der Waals surface area contributed by atoms with Gasteiger partial charge in [0.05, 0.1) is 36.5 Å². The number of ether oxygens (including phenoxy) is 1. The van der Waals surface area contributed by atoms with E-state index in [1.165, 1.54) is 12.1 Å². The fourth-order valence-electron chi connectivity index (χ4n) is 3.72. The van der Waals surface area contributed by atoms with Crippen LogP contribution in [0.5, 0.6) is 0 Å². The Hall–Kier alpha value is -3.81. The number of nitrogens with one attached hydrogen (secondary N) is 3. The van der Waals surface area contributed by atoms with Crippen LogP contribution in [0, 0.1) is 17.1 Å². The zero-order valence-corrected chi connectivity index (χ0v) is 18.8. The number of benzene rings is 2. The normalized spacial score (nSPS) is 11.1. The highest BCUT2D eigenvalue weighted by molar-refractivity contribution is 5.93. The first-order chi connectivity index (χ1) is 16.7. The largest absolute Gasteiger partial charge is 0.382 e. The van der Waals surface area contributed by atoms with Gasteiger partial charge in [0.25, 0.3) is 0 Å². The van der Waals surface area contributed by atoms with Crippen molar-refractivity contribution in [3.63, 3.8) is 0 Å². The van der Waals surface area contributed by atoms with E-state index in [0.29, 0.717) is 31.9 Å². The molecule has 0 amide bonds. The second-order valence-electron chi connectivity index (χ2n) is 7.92. The van der Waals surface area contributed by atoms with Crippen molar-refractivity contribution in [1.29, 1.82) is 5.26 Å². The molecule has 9 nitrogen and oxygen atoms in total. The van der Waals surface area contributed by atoms with Gasteiger partial charge < -0.3 is 15.4 Å². The molecule has 0 bridgehead atoms. The molecule has 2 heterocycles. The second-order valence-corrected chi connectivity index (χ2v) is 7.92. The first-order valence-electron chi connectivity index (χ1n) is 11.2. The maximum absolute atomic E-state index is 13.6. The fraction of sp³-hybridized carbons (Fsp3) is 0.333. The standard InChI is InChI=1S/C24H27FN8O/c25-20-10-18(3-4-26)9-19(11-20)14-27-5-1-2-7-34-8-6-28-23-12-21(33-16-30-31-17-33)13-24-22(23)15-29-32-24/h9-13,15-17,27-28H,1-3,5-8,14H2,(H,29,32). The molecule has 3 N–H and O–H groups in total. The number of rotatable bonds is 13. The average molecular weight is 463 g/mol. The third kappa shape index (κ3) is 6.37. The summed E-state index contributed by atoms with van der Waals surface area (Å²) in [5.41, 5.74) is 4.41. The van der Waals surface area contributed by atoms with Gasteiger partial charge in [-0.25, -0.2) is 4.39 Å². The fourth-order valence-corrected chi connectivity index (χ4v) is 3.72. The molecule has 0 fully saturated rings. The lowest BCUT2D eigenvalue weighted by Gasteiger charge is -2.11. The summed E-state index contributed by atoms with van der Waals surface area (Å²) in [6.45, 7) is 3.35. The van der Waals surface area contributed by atoms with E-state index in [9.17, 15) is 4.39 Å². The summed E-state index contributed by atoms with van der Waals surface area (Å²) in [4.78, 5) is 0. The van der Waals surface area contributed by atoms with E-state index in [-0.39, 0.29) is 12.2 Å². The van der Waals surface area contributed by atoms with Crippen LogP contribution in [0.25, 0.3) is 16.6 Å². The van der Waals surface area contributed by atoms with Crippen molar-refractivity contribution in [1.82, 2.24) is 30.3 Å². The number of nitriles is 1. The van der Waals surface area contributed by atoms with Crippen LogP contribution in [0.1, 0.15) is 24.0 Å². The number of hydrogen-bond acceptors (Lipinski definition) is 7. The molecule has 4 aromatic rings. The zero-order chi connectivity index (χ0) is 23.6. The topological polar surface area (TPSA) is 116 Å². The first kappa shape index (κ1) is 23.4. The highest BCUT2D eigenvalue weighted by Crippen LogP contribution is 2.25. The third-order valence-corrected chi connectivity index (χ3v) is 5.34. The lowest BCUT2D eigenvalue weighted by atomic mass is 10.1. The van der Waals surface area contributed by atoms with Crippen LogP contribution >= 0.6 is 0 Å². The number of halogens is 1. The number of fused-ring (bicyclic) bond motifs is 1. The van der Waals surface area contributed by atoms with E-state index in [1.54, 1.807) is 18.9 Å². The molecule has 0 unspecified atom stereocenters. The van der Waals surface area contributed by atoms with Crippen molar-refractivity contribution in [2.45, 2.75) is 25.8 Å². The molecule has 0 aliphatic heterocycles. The van der Waals surface area contributed by atoms with Gasteiger partial charge in [0.2, 0.25) is 0 Å². The quantitative estimate of drug-likeness (QED) is 0.261. The van der Waals surface area contributed by atoms with Crippen LogP contribution in [0.2, 0.25) is 0 Å². The number of aromatic amines is 1. The SMILES string of the molecule is N#CCc1cc(F)cc(CNCCCCOCCNc2cc(-n3cnnc3)cc3[nH]ncc23)c1. The van der Waals surface area contributed by atoms with Crippen LogP contribution in [-0.4, -0.2) is 51.3 Å². The molecule has 0 aliphatic carbocycles. The average Bonchev–Trinajstić information content (AvgIpc) is 3.52. The summed E-state index contributed by atoms with van der Waals surface area (Å²) in [7, 11) is 0. The van der Waals surface area contributed by atoms with E-state index in [1.807, 2.05) is 22.8 Å². The predicted octanol–water partition coefficient (Wildman–Crippen LogP) is 3.35. The highest BCUT2D eigenvalue weighted by Gasteiger charge is 2.07. The lowest BCUT2D eigenvalue weighted by Crippen LogP contribution is -2.16. The zero-order valence-electron chi connectivity index (χ0n) is 18.8. The Balaban J connectivity index is 1.12. The monoisotopic (exact) mass is 462 g/mol. The summed E-state index contributed by atoms with van der Waals surface area (Å²) in [6.07, 6.45) is 7.23. The summed E-state index contributed by atoms with van der Waals surface area (Å²) in [6, 6.07) is 10.9. The Morgan fingerprint density at radius 3 is 2.74 bits per heavy atom. The maximum atomic E-state index is 13.6. The van der Waals surface area contributed by atoms with Gasteiger partial charge in [0.15, 0.2) is 0 Å². The minimum absolute atomic E-state index is 0.220. The molecule has 0 aliphatic rings. The van der Waals surface area contributed by atoms with Gasteiger partial charge in [-0.15, -0.1) is 10.2 Å². The number of aromatic nitrogens is 5. The van der Waals surface area contributed by atoms with E-state index in [4.69, 9.17) is 10.00 Å². The van der Waals surface area contributed by atoms with Gasteiger partial charge in [-0.1, -0.05) is 6.07 Å². The molecule has 2 aromatic heterocycles. The minimum atomic E-state index is -0.300. The van der Waals surface area contributed by atoms with Crippen molar-refractivity contribution in [2.75, 3.05) is 31.6 Å². The van der Waals surface area contributed by atoms with Crippen LogP contribution < -0.4 is 10.6 Å². The van der Waals surface area contributed by atoms with Crippen LogP contribution in [-0.2, 0) is 17.7 Å². The number of nitrogens with zero attached hydrogens (tertiary/aromatic N) is 5. The third-order valence-electron chi connectivity index (χ3n) is 5.34. The molecule has 0 atom stereocenters. The smallest absolute Gasteiger partial charge is 0.123 e. The van der Waals surface area contributed by atoms with Gasteiger partial charge in [0.1, 0.15) is 18.5 Å². The Morgan fingerprint density at radius 1 is 1.03 bits per heavy atom. The van der Waals surface area contributed by atoms with Crippen LogP contribution in [0.15, 0.2) is 49.2 Å². The summed E-state index contributed by atoms with van der Waals surface area (Å²) < 4.78 is 21.2. The predicted molar refractivity (Wildman–Crippen MR) is 127 cm³/mol. The molecule has 10 heteroatoms. The van der Waals surface area contributed by atoms with Gasteiger partial charge in [-0.05, 0) is 54.8 Å². The molecule has 0 saturated heterocycles. The van der Waals surface area contributed by atoms with E-state index >= 15 is 0 Å². The molecule has 4 rings (SSSR count). The summed E-state index contributed by atoms with van der Waals surface area (Å²) in [5.74, 6) is -0.300. The highest BCUT2D eigenvalue weighted by atomic mass is 19.1. The number of unbranched alkanes of at least 4 members (excludes halogenated alkanes) is 1. The van der Waals surface area contributed by atoms with Gasteiger partial charge in [-0.2, -0.15) is 10.4 Å². The molecule has 176 valence electrons. The van der Waals surface area contributed by atoms with E-state index in [2.05, 4.69) is 37.1 Å². The number of hydrogen-bond donors (Lipinski definition) is 3. The molecule has 0 saturated carbocycles. The van der Waals surface area contributed by atoms with E-state index < -0.39 is 0 Å². The van der Waals surface area contributed by atoms with Crippen molar-refractivity contribution in [2.24, 2.45) is 0 Å². The van der Waals surface area contributed by atoms with Gasteiger partial charge >= 0.3 is 0 Å². The van der Waals surface area contributed by atoms with Crippen molar-refractivity contribution in [3.05, 3.63) is 66.1 Å². The van der Waals surface area contributed by atoms with Crippen LogP contribution in [0.3, 0.4) is 0 Å². The first-order valence-corrected chi connectivity index (χ1v) is 11.2. The summed E-state index contributed by atoms with van der Waals surface area (Å²) in [5, 5.41) is 31.4. The van der Waals surface area contributed by atoms with Crippen molar-refractivity contribution >= 4 is 16.6 Å². The van der Waals surface area contributed by atoms with Crippen LogP contribution in [0.4, 0.5) is 10.1 Å². The molecule has 34 heavy (non-hydrogen) atoms.